The second-order valence-electron chi connectivity index (χ2n) is 14.7. The van der Waals surface area contributed by atoms with Gasteiger partial charge in [0.15, 0.2) is 17.5 Å². The standard InChI is InChI=1S/C53H31N3O2/c1-3-12-32(13-4-1)34-22-23-36-29-38(25-24-35(36)28-34)51-54-52(42-19-11-21-47-50(42)41-18-9-10-20-45(41)57-47)56-53(55-51)43-31-48-49(40-17-8-7-16-39(40)43)44-30-37(26-27-46(44)58-48)33-14-5-2-6-15-33/h1-31H. The van der Waals surface area contributed by atoms with Gasteiger partial charge in [0.25, 0.3) is 0 Å². The fraction of sp³-hybridized carbons (Fsp3) is 0. The topological polar surface area (TPSA) is 65.0 Å². The van der Waals surface area contributed by atoms with Gasteiger partial charge >= 0.3 is 0 Å². The Balaban J connectivity index is 1.09. The first kappa shape index (κ1) is 32.4. The van der Waals surface area contributed by atoms with E-state index in [9.17, 15) is 0 Å². The van der Waals surface area contributed by atoms with E-state index < -0.39 is 0 Å². The molecule has 5 heteroatoms. The molecule has 3 aromatic heterocycles. The van der Waals surface area contributed by atoms with Gasteiger partial charge in [0.05, 0.1) is 0 Å². The van der Waals surface area contributed by atoms with Gasteiger partial charge in [-0.15, -0.1) is 0 Å². The van der Waals surface area contributed by atoms with Gasteiger partial charge in [-0.1, -0.05) is 146 Å². The minimum atomic E-state index is 0.563. The zero-order valence-electron chi connectivity index (χ0n) is 31.1. The van der Waals surface area contributed by atoms with E-state index in [1.54, 1.807) is 0 Å². The first-order valence-electron chi connectivity index (χ1n) is 19.4. The number of hydrogen-bond donors (Lipinski definition) is 0. The number of rotatable bonds is 5. The first-order valence-corrected chi connectivity index (χ1v) is 19.4. The fourth-order valence-corrected chi connectivity index (χ4v) is 8.54. The lowest BCUT2D eigenvalue weighted by atomic mass is 9.97. The van der Waals surface area contributed by atoms with Crippen molar-refractivity contribution in [3.05, 3.63) is 188 Å². The smallest absolute Gasteiger partial charge is 0.164 e. The van der Waals surface area contributed by atoms with Crippen molar-refractivity contribution >= 4 is 65.4 Å². The van der Waals surface area contributed by atoms with Crippen LogP contribution in [0.4, 0.5) is 0 Å². The molecule has 0 aliphatic heterocycles. The number of benzene rings is 9. The number of hydrogen-bond acceptors (Lipinski definition) is 5. The molecular weight excluding hydrogens is 711 g/mol. The Labute approximate surface area is 332 Å². The molecule has 0 saturated carbocycles. The number of furan rings is 2. The molecule has 5 nitrogen and oxygen atoms in total. The molecule has 3 heterocycles. The predicted molar refractivity (Wildman–Crippen MR) is 237 cm³/mol. The Morgan fingerprint density at radius 3 is 1.60 bits per heavy atom. The second kappa shape index (κ2) is 12.8. The maximum Gasteiger partial charge on any atom is 0.164 e. The number of fused-ring (bicyclic) bond motifs is 9. The van der Waals surface area contributed by atoms with Crippen LogP contribution in [0.1, 0.15) is 0 Å². The van der Waals surface area contributed by atoms with Crippen molar-refractivity contribution in [3.8, 4) is 56.4 Å². The lowest BCUT2D eigenvalue weighted by molar-refractivity contribution is 0.669. The highest BCUT2D eigenvalue weighted by Gasteiger charge is 2.21. The van der Waals surface area contributed by atoms with Gasteiger partial charge in [-0.2, -0.15) is 0 Å². The molecule has 270 valence electrons. The first-order chi connectivity index (χ1) is 28.7. The molecule has 0 aliphatic carbocycles. The summed E-state index contributed by atoms with van der Waals surface area (Å²) < 4.78 is 13.0. The minimum Gasteiger partial charge on any atom is -0.456 e. The summed E-state index contributed by atoms with van der Waals surface area (Å²) in [7, 11) is 0. The Morgan fingerprint density at radius 2 is 0.828 bits per heavy atom. The van der Waals surface area contributed by atoms with Gasteiger partial charge in [0.2, 0.25) is 0 Å². The maximum absolute atomic E-state index is 6.64. The fourth-order valence-electron chi connectivity index (χ4n) is 8.54. The highest BCUT2D eigenvalue weighted by molar-refractivity contribution is 6.22. The zero-order valence-corrected chi connectivity index (χ0v) is 31.1. The van der Waals surface area contributed by atoms with Crippen molar-refractivity contribution in [1.82, 2.24) is 15.0 Å². The lowest BCUT2D eigenvalue weighted by Gasteiger charge is -2.12. The van der Waals surface area contributed by atoms with E-state index in [0.29, 0.717) is 17.5 Å². The Hall–Kier alpha value is -7.89. The third-order valence-electron chi connectivity index (χ3n) is 11.3. The van der Waals surface area contributed by atoms with Crippen molar-refractivity contribution in [2.45, 2.75) is 0 Å². The molecule has 9 aromatic carbocycles. The number of nitrogens with zero attached hydrogens (tertiary/aromatic N) is 3. The Bertz CT molecular complexity index is 3570. The summed E-state index contributed by atoms with van der Waals surface area (Å²) in [6.07, 6.45) is 0. The molecule has 0 N–H and O–H groups in total. The summed E-state index contributed by atoms with van der Waals surface area (Å²) in [5.41, 5.74) is 10.5. The average molecular weight is 742 g/mol. The monoisotopic (exact) mass is 741 g/mol. The Morgan fingerprint density at radius 1 is 0.276 bits per heavy atom. The van der Waals surface area contributed by atoms with Gasteiger partial charge in [-0.3, -0.25) is 0 Å². The average Bonchev–Trinajstić information content (AvgIpc) is 3.87. The SMILES string of the molecule is c1ccc(-c2ccc3cc(-c4nc(-c5cc6oc7ccc(-c8ccccc8)cc7c6c6ccccc56)nc(-c5cccc6oc7ccccc7c56)n4)ccc3c2)cc1. The number of para-hydroxylation sites is 1. The molecular formula is C53H31N3O2. The van der Waals surface area contributed by atoms with Gasteiger partial charge < -0.3 is 8.83 Å². The van der Waals surface area contributed by atoms with Gasteiger partial charge in [-0.25, -0.2) is 15.0 Å². The van der Waals surface area contributed by atoms with E-state index >= 15 is 0 Å². The van der Waals surface area contributed by atoms with E-state index in [4.69, 9.17) is 23.8 Å². The molecule has 0 spiro atoms. The normalized spacial score (nSPS) is 11.8. The van der Waals surface area contributed by atoms with Crippen molar-refractivity contribution in [2.75, 3.05) is 0 Å². The van der Waals surface area contributed by atoms with Crippen LogP contribution in [-0.2, 0) is 0 Å². The summed E-state index contributed by atoms with van der Waals surface area (Å²) in [4.78, 5) is 15.8. The summed E-state index contributed by atoms with van der Waals surface area (Å²) in [5.74, 6) is 1.71. The van der Waals surface area contributed by atoms with Crippen LogP contribution in [0, 0.1) is 0 Å². The number of aromatic nitrogens is 3. The molecule has 12 aromatic rings. The maximum atomic E-state index is 6.64. The van der Waals surface area contributed by atoms with Gasteiger partial charge in [0.1, 0.15) is 22.3 Å². The summed E-state index contributed by atoms with van der Waals surface area (Å²) in [6, 6.07) is 65.2. The van der Waals surface area contributed by atoms with Crippen LogP contribution in [0.15, 0.2) is 197 Å². The molecule has 0 aliphatic rings. The highest BCUT2D eigenvalue weighted by atomic mass is 16.3. The minimum absolute atomic E-state index is 0.563. The molecule has 0 radical (unpaired) electrons. The largest absolute Gasteiger partial charge is 0.456 e. The second-order valence-corrected chi connectivity index (χ2v) is 14.7. The van der Waals surface area contributed by atoms with Crippen LogP contribution in [0.5, 0.6) is 0 Å². The molecule has 0 bridgehead atoms. The third kappa shape index (κ3) is 5.21. The van der Waals surface area contributed by atoms with Crippen molar-refractivity contribution in [1.29, 1.82) is 0 Å². The molecule has 58 heavy (non-hydrogen) atoms. The molecule has 12 rings (SSSR count). The molecule has 0 unspecified atom stereocenters. The quantitative estimate of drug-likeness (QED) is 0.176. The molecule has 0 saturated heterocycles. The van der Waals surface area contributed by atoms with Crippen LogP contribution in [0.3, 0.4) is 0 Å². The summed E-state index contributed by atoms with van der Waals surface area (Å²) in [6.45, 7) is 0. The highest BCUT2D eigenvalue weighted by Crippen LogP contribution is 2.42. The third-order valence-corrected chi connectivity index (χ3v) is 11.3. The van der Waals surface area contributed by atoms with Crippen molar-refractivity contribution in [3.63, 3.8) is 0 Å². The van der Waals surface area contributed by atoms with Gasteiger partial charge in [-0.05, 0) is 86.3 Å². The Kier molecular flexibility index (Phi) is 7.16. The molecule has 0 amide bonds. The van der Waals surface area contributed by atoms with E-state index in [1.165, 1.54) is 11.1 Å². The molecule has 0 atom stereocenters. The van der Waals surface area contributed by atoms with Crippen molar-refractivity contribution in [2.24, 2.45) is 0 Å². The van der Waals surface area contributed by atoms with E-state index in [-0.39, 0.29) is 0 Å². The van der Waals surface area contributed by atoms with Crippen LogP contribution in [0.2, 0.25) is 0 Å². The molecule has 0 fully saturated rings. The van der Waals surface area contributed by atoms with Crippen molar-refractivity contribution < 1.29 is 8.83 Å². The van der Waals surface area contributed by atoms with Crippen LogP contribution >= 0.6 is 0 Å². The van der Waals surface area contributed by atoms with Crippen LogP contribution < -0.4 is 0 Å². The van der Waals surface area contributed by atoms with Crippen LogP contribution in [-0.4, -0.2) is 15.0 Å². The van der Waals surface area contributed by atoms with E-state index in [2.05, 4.69) is 146 Å². The summed E-state index contributed by atoms with van der Waals surface area (Å²) in [5, 5.41) is 8.48. The van der Waals surface area contributed by atoms with Crippen LogP contribution in [0.25, 0.3) is 122 Å². The zero-order chi connectivity index (χ0) is 38.2. The van der Waals surface area contributed by atoms with Gasteiger partial charge in [0, 0.05) is 38.2 Å². The lowest BCUT2D eigenvalue weighted by Crippen LogP contribution is -2.01. The van der Waals surface area contributed by atoms with E-state index in [0.717, 1.165) is 93.2 Å². The predicted octanol–water partition coefficient (Wildman–Crippen LogP) is 14.3. The van der Waals surface area contributed by atoms with E-state index in [1.807, 2.05) is 42.5 Å². The summed E-state index contributed by atoms with van der Waals surface area (Å²) >= 11 is 0.